The highest BCUT2D eigenvalue weighted by Gasteiger charge is 2.12. The van der Waals surface area contributed by atoms with E-state index < -0.39 is 0 Å². The first-order chi connectivity index (χ1) is 7.63. The second-order valence-corrected chi connectivity index (χ2v) is 4.30. The van der Waals surface area contributed by atoms with Crippen LogP contribution < -0.4 is 5.73 Å². The summed E-state index contributed by atoms with van der Waals surface area (Å²) < 4.78 is 13.8. The molecule has 0 amide bonds. The number of nitrogens with two attached hydrogens (primary N) is 1. The molecule has 1 heterocycles. The molecule has 0 bridgehead atoms. The van der Waals surface area contributed by atoms with E-state index >= 15 is 0 Å². The summed E-state index contributed by atoms with van der Waals surface area (Å²) in [6, 6.07) is 4.94. The Bertz CT molecular complexity index is 522. The highest BCUT2D eigenvalue weighted by Crippen LogP contribution is 2.28. The zero-order chi connectivity index (χ0) is 11.7. The zero-order valence-corrected chi connectivity index (χ0v) is 10.3. The van der Waals surface area contributed by atoms with Crippen molar-refractivity contribution in [2.75, 3.05) is 5.73 Å². The van der Waals surface area contributed by atoms with Crippen molar-refractivity contribution >= 4 is 21.7 Å². The van der Waals surface area contributed by atoms with Crippen LogP contribution in [0.15, 0.2) is 22.7 Å². The number of H-pyrrole nitrogens is 1. The number of halogens is 2. The van der Waals surface area contributed by atoms with Gasteiger partial charge < -0.3 is 5.73 Å². The lowest BCUT2D eigenvalue weighted by Crippen LogP contribution is -1.91. The van der Waals surface area contributed by atoms with Crippen LogP contribution in [0.5, 0.6) is 0 Å². The standard InChI is InChI=1S/C11H11BrFN3/c1-2-7-10(15-16-11(7)14)6-3-4-8(12)9(13)5-6/h3-5H,2H2,1H3,(H3,14,15,16). The van der Waals surface area contributed by atoms with Crippen molar-refractivity contribution in [2.45, 2.75) is 13.3 Å². The minimum atomic E-state index is -0.298. The molecular formula is C11H11BrFN3. The van der Waals surface area contributed by atoms with Gasteiger partial charge in [-0.15, -0.1) is 0 Å². The van der Waals surface area contributed by atoms with E-state index in [1.54, 1.807) is 6.07 Å². The molecular weight excluding hydrogens is 273 g/mol. The minimum absolute atomic E-state index is 0.298. The van der Waals surface area contributed by atoms with Crippen molar-refractivity contribution < 1.29 is 4.39 Å². The fourth-order valence-electron chi connectivity index (χ4n) is 1.63. The molecule has 3 N–H and O–H groups in total. The molecule has 0 aliphatic carbocycles. The van der Waals surface area contributed by atoms with Crippen molar-refractivity contribution in [1.82, 2.24) is 10.2 Å². The molecule has 1 aromatic carbocycles. The van der Waals surface area contributed by atoms with Gasteiger partial charge in [0.15, 0.2) is 0 Å². The summed E-state index contributed by atoms with van der Waals surface area (Å²) in [5.41, 5.74) is 8.17. The van der Waals surface area contributed by atoms with Gasteiger partial charge in [-0.25, -0.2) is 4.39 Å². The molecule has 2 rings (SSSR count). The van der Waals surface area contributed by atoms with Gasteiger partial charge in [0.2, 0.25) is 0 Å². The van der Waals surface area contributed by atoms with Gasteiger partial charge in [0, 0.05) is 11.1 Å². The van der Waals surface area contributed by atoms with E-state index in [1.807, 2.05) is 13.0 Å². The maximum atomic E-state index is 13.4. The van der Waals surface area contributed by atoms with Gasteiger partial charge in [0.1, 0.15) is 11.6 Å². The van der Waals surface area contributed by atoms with Crippen LogP contribution in [0.4, 0.5) is 10.2 Å². The Balaban J connectivity index is 2.54. The lowest BCUT2D eigenvalue weighted by molar-refractivity contribution is 0.621. The molecule has 0 atom stereocenters. The van der Waals surface area contributed by atoms with Crippen LogP contribution in [0, 0.1) is 5.82 Å². The van der Waals surface area contributed by atoms with Crippen molar-refractivity contribution in [3.63, 3.8) is 0 Å². The summed E-state index contributed by atoms with van der Waals surface area (Å²) >= 11 is 3.12. The minimum Gasteiger partial charge on any atom is -0.382 e. The number of hydrogen-bond donors (Lipinski definition) is 2. The van der Waals surface area contributed by atoms with E-state index in [9.17, 15) is 4.39 Å². The SMILES string of the molecule is CCc1c(N)n[nH]c1-c1ccc(Br)c(F)c1. The topological polar surface area (TPSA) is 54.7 Å². The Kier molecular flexibility index (Phi) is 2.96. The average molecular weight is 284 g/mol. The predicted octanol–water partition coefficient (Wildman–Crippen LogP) is 3.12. The number of benzene rings is 1. The van der Waals surface area contributed by atoms with Gasteiger partial charge in [-0.1, -0.05) is 13.0 Å². The van der Waals surface area contributed by atoms with Crippen LogP contribution in [-0.4, -0.2) is 10.2 Å². The normalized spacial score (nSPS) is 10.7. The Morgan fingerprint density at radius 3 is 2.88 bits per heavy atom. The summed E-state index contributed by atoms with van der Waals surface area (Å²) in [6.07, 6.45) is 0.759. The smallest absolute Gasteiger partial charge is 0.149 e. The molecule has 16 heavy (non-hydrogen) atoms. The first-order valence-electron chi connectivity index (χ1n) is 4.91. The molecule has 2 aromatic rings. The number of aromatic amines is 1. The number of nitrogens with zero attached hydrogens (tertiary/aromatic N) is 1. The highest BCUT2D eigenvalue weighted by molar-refractivity contribution is 9.10. The van der Waals surface area contributed by atoms with Gasteiger partial charge in [-0.3, -0.25) is 5.10 Å². The summed E-state index contributed by atoms with van der Waals surface area (Å²) in [7, 11) is 0. The third-order valence-corrected chi connectivity index (χ3v) is 3.10. The lowest BCUT2D eigenvalue weighted by Gasteiger charge is -2.03. The fraction of sp³-hybridized carbons (Fsp3) is 0.182. The van der Waals surface area contributed by atoms with Crippen LogP contribution in [0.25, 0.3) is 11.3 Å². The van der Waals surface area contributed by atoms with Gasteiger partial charge in [-0.2, -0.15) is 5.10 Å². The van der Waals surface area contributed by atoms with Crippen molar-refractivity contribution in [1.29, 1.82) is 0 Å². The van der Waals surface area contributed by atoms with Crippen LogP contribution in [0.2, 0.25) is 0 Å². The van der Waals surface area contributed by atoms with Crippen LogP contribution in [0.3, 0.4) is 0 Å². The largest absolute Gasteiger partial charge is 0.382 e. The van der Waals surface area contributed by atoms with Crippen molar-refractivity contribution in [3.05, 3.63) is 34.1 Å². The summed E-state index contributed by atoms with van der Waals surface area (Å²) in [5.74, 6) is 0.175. The quantitative estimate of drug-likeness (QED) is 0.890. The fourth-order valence-corrected chi connectivity index (χ4v) is 1.87. The van der Waals surface area contributed by atoms with E-state index in [1.165, 1.54) is 6.07 Å². The first-order valence-corrected chi connectivity index (χ1v) is 5.71. The molecule has 3 nitrogen and oxygen atoms in total. The molecule has 0 aliphatic heterocycles. The summed E-state index contributed by atoms with van der Waals surface area (Å²) in [4.78, 5) is 0. The van der Waals surface area contributed by atoms with Crippen LogP contribution in [-0.2, 0) is 6.42 Å². The van der Waals surface area contributed by atoms with E-state index in [0.29, 0.717) is 10.3 Å². The monoisotopic (exact) mass is 283 g/mol. The molecule has 0 aliphatic rings. The van der Waals surface area contributed by atoms with Crippen LogP contribution in [0.1, 0.15) is 12.5 Å². The number of anilines is 1. The highest BCUT2D eigenvalue weighted by atomic mass is 79.9. The second-order valence-electron chi connectivity index (χ2n) is 3.44. The maximum absolute atomic E-state index is 13.4. The molecule has 0 spiro atoms. The van der Waals surface area contributed by atoms with E-state index in [2.05, 4.69) is 26.1 Å². The number of nitrogens with one attached hydrogen (secondary N) is 1. The third-order valence-electron chi connectivity index (χ3n) is 2.46. The summed E-state index contributed by atoms with van der Waals surface area (Å²) in [5, 5.41) is 6.77. The average Bonchev–Trinajstić information content (AvgIpc) is 2.63. The first kappa shape index (κ1) is 11.1. The summed E-state index contributed by atoms with van der Waals surface area (Å²) in [6.45, 7) is 1.99. The Morgan fingerprint density at radius 1 is 1.50 bits per heavy atom. The number of aromatic nitrogens is 2. The molecule has 84 valence electrons. The molecule has 0 saturated heterocycles. The Morgan fingerprint density at radius 2 is 2.25 bits per heavy atom. The van der Waals surface area contributed by atoms with E-state index in [-0.39, 0.29) is 5.82 Å². The number of nitrogen functional groups attached to an aromatic ring is 1. The predicted molar refractivity (Wildman–Crippen MR) is 65.5 cm³/mol. The number of rotatable bonds is 2. The molecule has 1 aromatic heterocycles. The Hall–Kier alpha value is -1.36. The van der Waals surface area contributed by atoms with E-state index in [4.69, 9.17) is 5.73 Å². The molecule has 0 radical (unpaired) electrons. The van der Waals surface area contributed by atoms with Gasteiger partial charge in [0.05, 0.1) is 10.2 Å². The van der Waals surface area contributed by atoms with Crippen LogP contribution >= 0.6 is 15.9 Å². The van der Waals surface area contributed by atoms with Gasteiger partial charge in [0.25, 0.3) is 0 Å². The third kappa shape index (κ3) is 1.82. The van der Waals surface area contributed by atoms with Gasteiger partial charge in [-0.05, 0) is 34.5 Å². The molecule has 5 heteroatoms. The molecule has 0 fully saturated rings. The van der Waals surface area contributed by atoms with Crippen molar-refractivity contribution in [2.24, 2.45) is 0 Å². The lowest BCUT2D eigenvalue weighted by atomic mass is 10.1. The molecule has 0 unspecified atom stereocenters. The Labute approximate surface area is 101 Å². The van der Waals surface area contributed by atoms with E-state index in [0.717, 1.165) is 23.2 Å². The second kappa shape index (κ2) is 4.25. The maximum Gasteiger partial charge on any atom is 0.149 e. The zero-order valence-electron chi connectivity index (χ0n) is 8.72. The molecule has 0 saturated carbocycles. The van der Waals surface area contributed by atoms with Gasteiger partial charge >= 0.3 is 0 Å². The number of hydrogen-bond acceptors (Lipinski definition) is 2. The van der Waals surface area contributed by atoms with Crippen molar-refractivity contribution in [3.8, 4) is 11.3 Å².